The van der Waals surface area contributed by atoms with Gasteiger partial charge in [-0.1, -0.05) is 25.2 Å². The van der Waals surface area contributed by atoms with E-state index in [4.69, 9.17) is 9.47 Å². The lowest BCUT2D eigenvalue weighted by molar-refractivity contribution is 0.0496. The van der Waals surface area contributed by atoms with Gasteiger partial charge in [0.2, 0.25) is 0 Å². The number of rotatable bonds is 4. The fourth-order valence-electron chi connectivity index (χ4n) is 2.31. The predicted molar refractivity (Wildman–Crippen MR) is 73.9 cm³/mol. The number of alkyl carbamates (subject to hydrolysis) is 1. The van der Waals surface area contributed by atoms with Crippen LogP contribution < -0.4 is 5.32 Å². The van der Waals surface area contributed by atoms with Crippen molar-refractivity contribution in [1.29, 1.82) is 0 Å². The molecule has 1 heterocycles. The van der Waals surface area contributed by atoms with Crippen LogP contribution in [0, 0.1) is 0 Å². The fourth-order valence-corrected chi connectivity index (χ4v) is 2.31. The van der Waals surface area contributed by atoms with Crippen molar-refractivity contribution < 1.29 is 14.3 Å². The summed E-state index contributed by atoms with van der Waals surface area (Å²) in [5, 5.41) is 2.92. The first kappa shape index (κ1) is 14.1. The van der Waals surface area contributed by atoms with Crippen LogP contribution in [0.3, 0.4) is 0 Å². The number of hydrogen-bond donors (Lipinski definition) is 1. The zero-order valence-corrected chi connectivity index (χ0v) is 12.1. The topological polar surface area (TPSA) is 50.9 Å². The third-order valence-electron chi connectivity index (χ3n) is 3.33. The Morgan fingerprint density at radius 3 is 2.79 bits per heavy atom. The maximum atomic E-state index is 11.8. The zero-order valence-electron chi connectivity index (χ0n) is 12.1. The lowest BCUT2D eigenvalue weighted by atomic mass is 9.92. The Morgan fingerprint density at radius 1 is 1.47 bits per heavy atom. The maximum Gasteiger partial charge on any atom is 0.407 e. The second kappa shape index (κ2) is 5.00. The van der Waals surface area contributed by atoms with Crippen LogP contribution in [0.1, 0.15) is 40.5 Å². The van der Waals surface area contributed by atoms with Gasteiger partial charge in [-0.05, 0) is 33.3 Å². The largest absolute Gasteiger partial charge is 0.444 e. The van der Waals surface area contributed by atoms with Gasteiger partial charge in [0, 0.05) is 12.5 Å². The number of carbonyl (C=O) groups is 1. The summed E-state index contributed by atoms with van der Waals surface area (Å²) in [5.41, 5.74) is -0.669. The summed E-state index contributed by atoms with van der Waals surface area (Å²) in [6.45, 7) is 7.64. The van der Waals surface area contributed by atoms with Crippen molar-refractivity contribution in [3.8, 4) is 0 Å². The molecular weight excluding hydrogens is 242 g/mol. The van der Waals surface area contributed by atoms with E-state index in [0.717, 1.165) is 12.8 Å². The van der Waals surface area contributed by atoms with Crippen LogP contribution in [0.4, 0.5) is 4.79 Å². The molecule has 19 heavy (non-hydrogen) atoms. The van der Waals surface area contributed by atoms with Gasteiger partial charge < -0.3 is 14.8 Å². The van der Waals surface area contributed by atoms with E-state index in [1.807, 2.05) is 32.9 Å². The van der Waals surface area contributed by atoms with Crippen LogP contribution in [0.25, 0.3) is 0 Å². The molecule has 1 unspecified atom stereocenters. The number of allylic oxidation sites excluding steroid dienone is 2. The third-order valence-corrected chi connectivity index (χ3v) is 3.33. The normalized spacial score (nSPS) is 29.6. The number of fused-ring (bicyclic) bond motifs is 1. The third kappa shape index (κ3) is 3.60. The summed E-state index contributed by atoms with van der Waals surface area (Å²) in [7, 11) is 0. The van der Waals surface area contributed by atoms with Gasteiger partial charge in [0.1, 0.15) is 17.3 Å². The molecule has 1 aliphatic carbocycles. The van der Waals surface area contributed by atoms with E-state index in [1.54, 1.807) is 0 Å². The van der Waals surface area contributed by atoms with Crippen LogP contribution in [-0.4, -0.2) is 29.4 Å². The summed E-state index contributed by atoms with van der Waals surface area (Å²) in [6, 6.07) is 0.0657. The molecule has 0 aromatic rings. The van der Waals surface area contributed by atoms with E-state index >= 15 is 0 Å². The minimum atomic E-state index is -0.466. The molecule has 2 rings (SSSR count). The predicted octanol–water partition coefficient (Wildman–Crippen LogP) is 2.94. The molecular formula is C15H23NO3. The molecule has 1 aliphatic heterocycles. The first-order valence-corrected chi connectivity index (χ1v) is 6.88. The van der Waals surface area contributed by atoms with Crippen molar-refractivity contribution >= 4 is 6.09 Å². The molecule has 1 N–H and O–H groups in total. The van der Waals surface area contributed by atoms with Gasteiger partial charge in [-0.25, -0.2) is 4.79 Å². The highest BCUT2D eigenvalue weighted by atomic mass is 16.6. The molecule has 1 fully saturated rings. The molecule has 3 atom stereocenters. The smallest absolute Gasteiger partial charge is 0.407 e. The second-order valence-electron chi connectivity index (χ2n) is 6.19. The Morgan fingerprint density at radius 2 is 2.21 bits per heavy atom. The fraction of sp³-hybridized carbons (Fsp3) is 0.667. The number of ether oxygens (including phenoxy) is 2. The molecule has 0 radical (unpaired) electrons. The molecule has 0 bridgehead atoms. The average Bonchev–Trinajstić information content (AvgIpc) is 2.99. The van der Waals surface area contributed by atoms with Gasteiger partial charge in [-0.3, -0.25) is 0 Å². The second-order valence-corrected chi connectivity index (χ2v) is 6.19. The number of hydrogen-bond acceptors (Lipinski definition) is 3. The molecule has 0 aromatic heterocycles. The lowest BCUT2D eigenvalue weighted by Crippen LogP contribution is -2.41. The highest BCUT2D eigenvalue weighted by Crippen LogP contribution is 2.45. The average molecular weight is 265 g/mol. The quantitative estimate of drug-likeness (QED) is 0.795. The zero-order chi connectivity index (χ0) is 14.1. The Bertz CT molecular complexity index is 408. The molecule has 2 aliphatic rings. The molecule has 1 amide bonds. The van der Waals surface area contributed by atoms with E-state index in [-0.39, 0.29) is 23.8 Å². The van der Waals surface area contributed by atoms with E-state index < -0.39 is 5.60 Å². The minimum absolute atomic E-state index is 0.0657. The highest BCUT2D eigenvalue weighted by Gasteiger charge is 2.54. The van der Waals surface area contributed by atoms with Crippen molar-refractivity contribution in [1.82, 2.24) is 5.32 Å². The van der Waals surface area contributed by atoms with Crippen LogP contribution in [0.5, 0.6) is 0 Å². The Balaban J connectivity index is 1.86. The summed E-state index contributed by atoms with van der Waals surface area (Å²) >= 11 is 0. The Hall–Kier alpha value is -1.29. The van der Waals surface area contributed by atoms with Gasteiger partial charge in [0.25, 0.3) is 0 Å². The van der Waals surface area contributed by atoms with Crippen molar-refractivity contribution in [2.75, 3.05) is 0 Å². The first-order chi connectivity index (χ1) is 8.85. The Labute approximate surface area is 114 Å². The Kier molecular flexibility index (Phi) is 3.72. The summed E-state index contributed by atoms with van der Waals surface area (Å²) in [4.78, 5) is 11.8. The summed E-state index contributed by atoms with van der Waals surface area (Å²) in [5.74, 6) is 0. The van der Waals surface area contributed by atoms with E-state index in [9.17, 15) is 4.79 Å². The van der Waals surface area contributed by atoms with Gasteiger partial charge in [-0.2, -0.15) is 0 Å². The SMILES string of the molecule is CC[C@@H](CC12C=CC=C[C@@H]1O2)NC(=O)OC(C)(C)C. The molecule has 106 valence electrons. The molecule has 1 saturated heterocycles. The molecule has 0 spiro atoms. The monoisotopic (exact) mass is 265 g/mol. The lowest BCUT2D eigenvalue weighted by Gasteiger charge is -2.24. The minimum Gasteiger partial charge on any atom is -0.444 e. The summed E-state index contributed by atoms with van der Waals surface area (Å²) < 4.78 is 11.0. The standard InChI is InChI=1S/C15H23NO3/c1-5-11(16-13(17)19-14(2,3)4)10-15-9-7-6-8-12(15)18-15/h6-9,11-12H,5,10H2,1-4H3,(H,16,17)/t11-,12-,15?/m0/s1. The van der Waals surface area contributed by atoms with Crippen molar-refractivity contribution in [2.45, 2.75) is 63.9 Å². The van der Waals surface area contributed by atoms with Crippen LogP contribution in [0.2, 0.25) is 0 Å². The molecule has 4 nitrogen and oxygen atoms in total. The first-order valence-electron chi connectivity index (χ1n) is 6.88. The van der Waals surface area contributed by atoms with E-state index in [1.165, 1.54) is 0 Å². The number of epoxide rings is 1. The number of nitrogens with one attached hydrogen (secondary N) is 1. The van der Waals surface area contributed by atoms with Gasteiger partial charge >= 0.3 is 6.09 Å². The van der Waals surface area contributed by atoms with E-state index in [2.05, 4.69) is 24.4 Å². The molecule has 0 saturated carbocycles. The van der Waals surface area contributed by atoms with Gasteiger partial charge in [0.15, 0.2) is 0 Å². The van der Waals surface area contributed by atoms with Crippen molar-refractivity contribution in [2.24, 2.45) is 0 Å². The molecule has 4 heteroatoms. The molecule has 0 aromatic carbocycles. The van der Waals surface area contributed by atoms with Crippen LogP contribution in [-0.2, 0) is 9.47 Å². The van der Waals surface area contributed by atoms with Crippen molar-refractivity contribution in [3.63, 3.8) is 0 Å². The summed E-state index contributed by atoms with van der Waals surface area (Å²) in [6.07, 6.45) is 9.59. The highest BCUT2D eigenvalue weighted by molar-refractivity contribution is 5.68. The maximum absolute atomic E-state index is 11.8. The van der Waals surface area contributed by atoms with Gasteiger partial charge in [-0.15, -0.1) is 0 Å². The van der Waals surface area contributed by atoms with Crippen molar-refractivity contribution in [3.05, 3.63) is 24.3 Å². The van der Waals surface area contributed by atoms with E-state index in [0.29, 0.717) is 0 Å². The van der Waals surface area contributed by atoms with Gasteiger partial charge in [0.05, 0.1) is 0 Å². The van der Waals surface area contributed by atoms with Crippen LogP contribution in [0.15, 0.2) is 24.3 Å². The van der Waals surface area contributed by atoms with Crippen LogP contribution >= 0.6 is 0 Å². The number of carbonyl (C=O) groups excluding carboxylic acids is 1. The number of amides is 1.